The van der Waals surface area contributed by atoms with Gasteiger partial charge in [0.15, 0.2) is 0 Å². The molecule has 2 amide bonds. The van der Waals surface area contributed by atoms with Gasteiger partial charge in [0.2, 0.25) is 0 Å². The minimum atomic E-state index is -0.120. The number of nitrogens with zero attached hydrogens (tertiary/aromatic N) is 2. The maximum Gasteiger partial charge on any atom is 0.267 e. The van der Waals surface area contributed by atoms with Crippen LogP contribution in [0.1, 0.15) is 32.8 Å². The van der Waals surface area contributed by atoms with Gasteiger partial charge >= 0.3 is 0 Å². The van der Waals surface area contributed by atoms with Gasteiger partial charge in [0.05, 0.1) is 5.56 Å². The van der Waals surface area contributed by atoms with E-state index in [4.69, 9.17) is 4.42 Å². The molecule has 2 heterocycles. The van der Waals surface area contributed by atoms with E-state index >= 15 is 0 Å². The van der Waals surface area contributed by atoms with Gasteiger partial charge in [-0.25, -0.2) is 0 Å². The number of aryl methyl sites for hydroxylation is 1. The molecule has 6 heteroatoms. The zero-order valence-corrected chi connectivity index (χ0v) is 18.3. The van der Waals surface area contributed by atoms with Crippen molar-refractivity contribution in [2.75, 3.05) is 13.6 Å². The first-order valence-corrected chi connectivity index (χ1v) is 10.7. The lowest BCUT2D eigenvalue weighted by atomic mass is 10.0. The van der Waals surface area contributed by atoms with E-state index in [1.54, 1.807) is 15.5 Å². The van der Waals surface area contributed by atoms with Crippen LogP contribution in [0, 0.1) is 0 Å². The number of hydrogen-bond donors (Lipinski definition) is 1. The third kappa shape index (κ3) is 4.59. The van der Waals surface area contributed by atoms with Crippen molar-refractivity contribution < 1.29 is 14.0 Å². The number of furan rings is 1. The van der Waals surface area contributed by atoms with Gasteiger partial charge in [0.25, 0.3) is 11.8 Å². The predicted octanol–water partition coefficient (Wildman–Crippen LogP) is 4.27. The highest BCUT2D eigenvalue weighted by Crippen LogP contribution is 2.23. The van der Waals surface area contributed by atoms with E-state index in [-0.39, 0.29) is 17.9 Å². The van der Waals surface area contributed by atoms with Gasteiger partial charge in [0.1, 0.15) is 17.5 Å². The number of carbonyl (C=O) groups excluding carboxylic acids is 2. The molecule has 0 aliphatic rings. The summed E-state index contributed by atoms with van der Waals surface area (Å²) >= 11 is 0. The maximum atomic E-state index is 13.4. The number of nitrogens with one attached hydrogen (secondary N) is 1. The minimum Gasteiger partial charge on any atom is -0.463 e. The first-order valence-electron chi connectivity index (χ1n) is 10.7. The Balaban J connectivity index is 1.49. The van der Waals surface area contributed by atoms with Gasteiger partial charge in [-0.15, -0.1) is 0 Å². The van der Waals surface area contributed by atoms with Crippen LogP contribution in [0.15, 0.2) is 83.6 Å². The monoisotopic (exact) mass is 429 g/mol. The van der Waals surface area contributed by atoms with E-state index in [1.165, 1.54) is 6.26 Å². The fourth-order valence-electron chi connectivity index (χ4n) is 3.96. The number of para-hydroxylation sites is 1. The molecular weight excluding hydrogens is 402 g/mol. The highest BCUT2D eigenvalue weighted by atomic mass is 16.3. The van der Waals surface area contributed by atoms with Crippen LogP contribution in [0.4, 0.5) is 0 Å². The van der Waals surface area contributed by atoms with Gasteiger partial charge in [-0.05, 0) is 36.6 Å². The lowest BCUT2D eigenvalue weighted by molar-refractivity contribution is 0.0724. The number of benzene rings is 2. The van der Waals surface area contributed by atoms with Crippen LogP contribution in [-0.4, -0.2) is 40.9 Å². The average molecular weight is 430 g/mol. The third-order valence-corrected chi connectivity index (χ3v) is 5.83. The van der Waals surface area contributed by atoms with Crippen molar-refractivity contribution in [1.29, 1.82) is 0 Å². The van der Waals surface area contributed by atoms with E-state index in [0.717, 1.165) is 10.9 Å². The summed E-state index contributed by atoms with van der Waals surface area (Å²) < 4.78 is 7.36. The van der Waals surface area contributed by atoms with Gasteiger partial charge in [-0.3, -0.25) is 9.59 Å². The smallest absolute Gasteiger partial charge is 0.267 e. The second-order valence-electron chi connectivity index (χ2n) is 7.95. The first-order chi connectivity index (χ1) is 15.5. The van der Waals surface area contributed by atoms with E-state index in [1.807, 2.05) is 68.8 Å². The number of carbonyl (C=O) groups is 2. The van der Waals surface area contributed by atoms with Crippen LogP contribution in [0.5, 0.6) is 0 Å². The van der Waals surface area contributed by atoms with Crippen molar-refractivity contribution in [3.63, 3.8) is 0 Å². The Hall–Kier alpha value is -3.80. The number of rotatable bonds is 8. The number of hydrogen-bond acceptors (Lipinski definition) is 3. The van der Waals surface area contributed by atoms with Crippen LogP contribution in [-0.2, 0) is 13.5 Å². The Morgan fingerprint density at radius 3 is 2.53 bits per heavy atom. The fraction of sp³-hybridized carbons (Fsp3) is 0.231. The van der Waals surface area contributed by atoms with E-state index in [9.17, 15) is 9.59 Å². The Kier molecular flexibility index (Phi) is 6.40. The van der Waals surface area contributed by atoms with Crippen molar-refractivity contribution in [3.05, 3.63) is 96.0 Å². The molecule has 0 saturated carbocycles. The molecule has 4 aromatic rings. The molecule has 2 aromatic heterocycles. The van der Waals surface area contributed by atoms with E-state index in [0.29, 0.717) is 36.2 Å². The Morgan fingerprint density at radius 2 is 1.78 bits per heavy atom. The summed E-state index contributed by atoms with van der Waals surface area (Å²) in [5.74, 6) is -0.213. The molecule has 0 aliphatic carbocycles. The molecule has 2 aromatic carbocycles. The molecule has 32 heavy (non-hydrogen) atoms. The number of likely N-dealkylation sites (N-methyl/N-ethyl adjacent to an activating group) is 1. The molecule has 6 nitrogen and oxygen atoms in total. The Morgan fingerprint density at radius 1 is 1.03 bits per heavy atom. The molecule has 1 unspecified atom stereocenters. The third-order valence-electron chi connectivity index (χ3n) is 5.83. The van der Waals surface area contributed by atoms with Gasteiger partial charge < -0.3 is 19.2 Å². The van der Waals surface area contributed by atoms with Crippen LogP contribution >= 0.6 is 0 Å². The largest absolute Gasteiger partial charge is 0.463 e. The van der Waals surface area contributed by atoms with E-state index in [2.05, 4.69) is 17.4 Å². The molecule has 0 saturated heterocycles. The highest BCUT2D eigenvalue weighted by molar-refractivity contribution is 6.05. The zero-order chi connectivity index (χ0) is 22.5. The van der Waals surface area contributed by atoms with Crippen molar-refractivity contribution in [3.8, 4) is 0 Å². The molecule has 0 bridgehead atoms. The molecule has 164 valence electrons. The zero-order valence-electron chi connectivity index (χ0n) is 18.3. The molecule has 4 rings (SSSR count). The molecule has 0 fully saturated rings. The first kappa shape index (κ1) is 21.4. The number of fused-ring (bicyclic) bond motifs is 1. The van der Waals surface area contributed by atoms with Gasteiger partial charge in [-0.2, -0.15) is 0 Å². The lowest BCUT2D eigenvalue weighted by Gasteiger charge is -2.28. The molecular formula is C26H27N3O3. The fourth-order valence-corrected chi connectivity index (χ4v) is 3.96. The van der Waals surface area contributed by atoms with Crippen LogP contribution in [0.25, 0.3) is 11.0 Å². The van der Waals surface area contributed by atoms with Crippen molar-refractivity contribution in [1.82, 2.24) is 14.8 Å². The normalized spacial score (nSPS) is 11.9. The van der Waals surface area contributed by atoms with Crippen molar-refractivity contribution in [2.24, 2.45) is 7.05 Å². The highest BCUT2D eigenvalue weighted by Gasteiger charge is 2.24. The van der Waals surface area contributed by atoms with E-state index < -0.39 is 0 Å². The Labute approximate surface area is 187 Å². The quantitative estimate of drug-likeness (QED) is 0.455. The summed E-state index contributed by atoms with van der Waals surface area (Å²) in [7, 11) is 3.66. The summed E-state index contributed by atoms with van der Waals surface area (Å²) in [6, 6.07) is 21.2. The summed E-state index contributed by atoms with van der Waals surface area (Å²) in [6.45, 7) is 0.464. The van der Waals surface area contributed by atoms with Crippen LogP contribution < -0.4 is 5.32 Å². The topological polar surface area (TPSA) is 67.5 Å². The summed E-state index contributed by atoms with van der Waals surface area (Å²) in [6.07, 6.45) is 4.69. The molecule has 0 radical (unpaired) electrons. The second kappa shape index (κ2) is 9.56. The predicted molar refractivity (Wildman–Crippen MR) is 125 cm³/mol. The van der Waals surface area contributed by atoms with Gasteiger partial charge in [-0.1, -0.05) is 48.5 Å². The standard InChI is InChI=1S/C26H27N3O3/c1-28-16-8-12-23(28)25(30)27-15-14-20(17-19-9-4-3-5-10-19)29(2)26(31)22-18-32-24-13-7-6-11-21(22)24/h3-13,16,18,20H,14-15,17H2,1-2H3,(H,27,30). The summed E-state index contributed by atoms with van der Waals surface area (Å²) in [5.41, 5.74) is 2.99. The van der Waals surface area contributed by atoms with Gasteiger partial charge in [0, 0.05) is 38.3 Å². The minimum absolute atomic E-state index is 0.0905. The Bertz CT molecular complexity index is 1210. The summed E-state index contributed by atoms with van der Waals surface area (Å²) in [4.78, 5) is 27.6. The van der Waals surface area contributed by atoms with Crippen molar-refractivity contribution in [2.45, 2.75) is 18.9 Å². The van der Waals surface area contributed by atoms with Crippen molar-refractivity contribution >= 4 is 22.8 Å². The maximum absolute atomic E-state index is 13.4. The summed E-state index contributed by atoms with van der Waals surface area (Å²) in [5, 5.41) is 3.79. The SMILES string of the molecule is CN(C(=O)c1coc2ccccc12)C(CCNC(=O)c1cccn1C)Cc1ccccc1. The van der Waals surface area contributed by atoms with Crippen LogP contribution in [0.3, 0.4) is 0 Å². The molecule has 1 atom stereocenters. The molecule has 1 N–H and O–H groups in total. The second-order valence-corrected chi connectivity index (χ2v) is 7.95. The lowest BCUT2D eigenvalue weighted by Crippen LogP contribution is -2.41. The van der Waals surface area contributed by atoms with Crippen LogP contribution in [0.2, 0.25) is 0 Å². The molecule has 0 aliphatic heterocycles. The number of aromatic nitrogens is 1. The molecule has 0 spiro atoms. The number of amides is 2. The average Bonchev–Trinajstić information content (AvgIpc) is 3.44.